The van der Waals surface area contributed by atoms with Crippen molar-refractivity contribution in [3.63, 3.8) is 0 Å². The second-order valence-corrected chi connectivity index (χ2v) is 5.82. The first-order chi connectivity index (χ1) is 12.3. The average molecular weight is 348 g/mol. The van der Waals surface area contributed by atoms with Gasteiger partial charge in [0.25, 0.3) is 0 Å². The number of benzene rings is 1. The number of hydrogen-bond acceptors (Lipinski definition) is 3. The summed E-state index contributed by atoms with van der Waals surface area (Å²) in [6, 6.07) is 13.7. The summed E-state index contributed by atoms with van der Waals surface area (Å²) >= 11 is 6.43. The Kier molecular flexibility index (Phi) is 5.70. The monoisotopic (exact) mass is 347 g/mol. The van der Waals surface area contributed by atoms with Crippen LogP contribution in [0, 0.1) is 0 Å². The SMILES string of the molecule is C=CC/C=C\Cc1nc(Cl)c(-c2ccccc2)nc1-c1cccnc1. The van der Waals surface area contributed by atoms with E-state index < -0.39 is 0 Å². The second kappa shape index (κ2) is 8.36. The minimum atomic E-state index is 0.408. The Hall–Kier alpha value is -2.78. The summed E-state index contributed by atoms with van der Waals surface area (Å²) < 4.78 is 0. The lowest BCUT2D eigenvalue weighted by Crippen LogP contribution is -2.00. The van der Waals surface area contributed by atoms with E-state index in [1.54, 1.807) is 12.4 Å². The van der Waals surface area contributed by atoms with Crippen LogP contribution in [0.25, 0.3) is 22.5 Å². The predicted molar refractivity (Wildman–Crippen MR) is 103 cm³/mol. The van der Waals surface area contributed by atoms with Gasteiger partial charge < -0.3 is 0 Å². The quantitative estimate of drug-likeness (QED) is 0.550. The van der Waals surface area contributed by atoms with E-state index in [0.717, 1.165) is 28.9 Å². The Labute approximate surface area is 152 Å². The zero-order valence-corrected chi connectivity index (χ0v) is 14.5. The number of halogens is 1. The number of allylic oxidation sites excluding steroid dienone is 3. The third kappa shape index (κ3) is 4.20. The van der Waals surface area contributed by atoms with E-state index >= 15 is 0 Å². The van der Waals surface area contributed by atoms with Crippen molar-refractivity contribution in [2.24, 2.45) is 0 Å². The fraction of sp³-hybridized carbons (Fsp3) is 0.0952. The van der Waals surface area contributed by atoms with Crippen molar-refractivity contribution < 1.29 is 0 Å². The molecule has 2 heterocycles. The van der Waals surface area contributed by atoms with Crippen LogP contribution < -0.4 is 0 Å². The largest absolute Gasteiger partial charge is 0.264 e. The Balaban J connectivity index is 2.08. The molecule has 124 valence electrons. The first-order valence-corrected chi connectivity index (χ1v) is 8.45. The molecule has 3 aromatic rings. The molecule has 3 rings (SSSR count). The molecular weight excluding hydrogens is 330 g/mol. The van der Waals surface area contributed by atoms with E-state index in [1.807, 2.05) is 48.5 Å². The maximum absolute atomic E-state index is 6.43. The molecule has 4 heteroatoms. The molecule has 3 nitrogen and oxygen atoms in total. The molecule has 0 aliphatic rings. The van der Waals surface area contributed by atoms with Crippen molar-refractivity contribution in [2.45, 2.75) is 12.8 Å². The van der Waals surface area contributed by atoms with Crippen molar-refractivity contribution in [1.29, 1.82) is 0 Å². The van der Waals surface area contributed by atoms with E-state index in [1.165, 1.54) is 0 Å². The lowest BCUT2D eigenvalue weighted by Gasteiger charge is -2.11. The summed E-state index contributed by atoms with van der Waals surface area (Å²) in [6.45, 7) is 3.72. The maximum atomic E-state index is 6.43. The van der Waals surface area contributed by atoms with Crippen molar-refractivity contribution in [3.05, 3.63) is 90.5 Å². The Morgan fingerprint density at radius 1 is 0.920 bits per heavy atom. The van der Waals surface area contributed by atoms with Crippen molar-refractivity contribution in [1.82, 2.24) is 15.0 Å². The van der Waals surface area contributed by atoms with Crippen LogP contribution in [0.2, 0.25) is 5.15 Å². The molecule has 25 heavy (non-hydrogen) atoms. The van der Waals surface area contributed by atoms with Crippen LogP contribution in [-0.2, 0) is 6.42 Å². The molecule has 0 atom stereocenters. The Bertz CT molecular complexity index is 874. The molecule has 0 saturated carbocycles. The third-order valence-corrected chi connectivity index (χ3v) is 3.95. The van der Waals surface area contributed by atoms with Crippen LogP contribution in [0.1, 0.15) is 12.1 Å². The van der Waals surface area contributed by atoms with Gasteiger partial charge in [-0.25, -0.2) is 9.97 Å². The van der Waals surface area contributed by atoms with Gasteiger partial charge in [0.1, 0.15) is 5.69 Å². The van der Waals surface area contributed by atoms with Crippen LogP contribution in [0.3, 0.4) is 0 Å². The van der Waals surface area contributed by atoms with E-state index in [4.69, 9.17) is 16.6 Å². The molecule has 0 spiro atoms. The third-order valence-electron chi connectivity index (χ3n) is 3.69. The van der Waals surface area contributed by atoms with Crippen LogP contribution in [0.15, 0.2) is 79.7 Å². The predicted octanol–water partition coefficient (Wildman–Crippen LogP) is 5.53. The number of aromatic nitrogens is 3. The highest BCUT2D eigenvalue weighted by molar-refractivity contribution is 6.31. The molecule has 0 amide bonds. The van der Waals surface area contributed by atoms with Gasteiger partial charge in [0.2, 0.25) is 0 Å². The van der Waals surface area contributed by atoms with E-state index in [2.05, 4.69) is 28.7 Å². The van der Waals surface area contributed by atoms with Gasteiger partial charge in [0.05, 0.1) is 11.4 Å². The molecule has 0 radical (unpaired) electrons. The number of nitrogens with zero attached hydrogens (tertiary/aromatic N) is 3. The fourth-order valence-corrected chi connectivity index (χ4v) is 2.74. The Morgan fingerprint density at radius 2 is 1.72 bits per heavy atom. The topological polar surface area (TPSA) is 38.7 Å². The maximum Gasteiger partial charge on any atom is 0.155 e. The summed E-state index contributed by atoms with van der Waals surface area (Å²) in [4.78, 5) is 13.6. The van der Waals surface area contributed by atoms with Crippen LogP contribution in [-0.4, -0.2) is 15.0 Å². The highest BCUT2D eigenvalue weighted by atomic mass is 35.5. The van der Waals surface area contributed by atoms with Gasteiger partial charge in [-0.2, -0.15) is 0 Å². The lowest BCUT2D eigenvalue weighted by atomic mass is 10.1. The van der Waals surface area contributed by atoms with Gasteiger partial charge in [0.15, 0.2) is 5.15 Å². The standard InChI is InChI=1S/C21H18ClN3/c1-2-3-4-8-13-18-19(17-12-9-14-23-15-17)25-20(21(22)24-18)16-10-6-5-7-11-16/h2,4-12,14-15H,1,3,13H2/b8-4-. The van der Waals surface area contributed by atoms with Crippen molar-refractivity contribution >= 4 is 11.6 Å². The highest BCUT2D eigenvalue weighted by Gasteiger charge is 2.14. The van der Waals surface area contributed by atoms with Gasteiger partial charge in [0, 0.05) is 29.9 Å². The van der Waals surface area contributed by atoms with Gasteiger partial charge in [-0.15, -0.1) is 6.58 Å². The van der Waals surface area contributed by atoms with E-state index in [0.29, 0.717) is 17.3 Å². The zero-order valence-electron chi connectivity index (χ0n) is 13.8. The normalized spacial score (nSPS) is 10.9. The van der Waals surface area contributed by atoms with Gasteiger partial charge in [-0.05, 0) is 18.6 Å². The zero-order chi connectivity index (χ0) is 17.5. The summed E-state index contributed by atoms with van der Waals surface area (Å²) in [6.07, 6.45) is 11.0. The van der Waals surface area contributed by atoms with E-state index in [-0.39, 0.29) is 0 Å². The van der Waals surface area contributed by atoms with Crippen LogP contribution in [0.5, 0.6) is 0 Å². The fourth-order valence-electron chi connectivity index (χ4n) is 2.49. The first kappa shape index (κ1) is 17.1. The minimum Gasteiger partial charge on any atom is -0.264 e. The molecule has 1 aromatic carbocycles. The van der Waals surface area contributed by atoms with Gasteiger partial charge in [-0.3, -0.25) is 4.98 Å². The molecule has 0 N–H and O–H groups in total. The average Bonchev–Trinajstić information content (AvgIpc) is 2.67. The molecule has 0 aliphatic heterocycles. The highest BCUT2D eigenvalue weighted by Crippen LogP contribution is 2.29. The van der Waals surface area contributed by atoms with Gasteiger partial charge >= 0.3 is 0 Å². The minimum absolute atomic E-state index is 0.408. The van der Waals surface area contributed by atoms with Gasteiger partial charge in [-0.1, -0.05) is 60.2 Å². The molecule has 0 saturated heterocycles. The summed E-state index contributed by atoms with van der Waals surface area (Å²) in [7, 11) is 0. The summed E-state index contributed by atoms with van der Waals surface area (Å²) in [5, 5.41) is 0.408. The lowest BCUT2D eigenvalue weighted by molar-refractivity contribution is 1.06. The molecule has 0 fully saturated rings. The van der Waals surface area contributed by atoms with Crippen LogP contribution >= 0.6 is 11.6 Å². The second-order valence-electron chi connectivity index (χ2n) is 5.47. The van der Waals surface area contributed by atoms with E-state index in [9.17, 15) is 0 Å². The molecule has 2 aromatic heterocycles. The molecule has 0 bridgehead atoms. The van der Waals surface area contributed by atoms with Crippen molar-refractivity contribution in [2.75, 3.05) is 0 Å². The first-order valence-electron chi connectivity index (χ1n) is 8.07. The molecule has 0 aliphatic carbocycles. The molecular formula is C21H18ClN3. The molecule has 0 unspecified atom stereocenters. The van der Waals surface area contributed by atoms with Crippen molar-refractivity contribution in [3.8, 4) is 22.5 Å². The summed E-state index contributed by atoms with van der Waals surface area (Å²) in [5.41, 5.74) is 4.19. The summed E-state index contributed by atoms with van der Waals surface area (Å²) in [5.74, 6) is 0. The number of rotatable bonds is 6. The smallest absolute Gasteiger partial charge is 0.155 e. The Morgan fingerprint density at radius 3 is 2.44 bits per heavy atom. The van der Waals surface area contributed by atoms with Crippen LogP contribution in [0.4, 0.5) is 0 Å². The number of pyridine rings is 1. The number of hydrogen-bond donors (Lipinski definition) is 0.